The van der Waals surface area contributed by atoms with Gasteiger partial charge in [-0.15, -0.1) is 0 Å². The number of carbonyl (C=O) groups is 1. The predicted molar refractivity (Wildman–Crippen MR) is 93.2 cm³/mol. The molecule has 0 aromatic heterocycles. The summed E-state index contributed by atoms with van der Waals surface area (Å²) in [5, 5.41) is -0.0259. The van der Waals surface area contributed by atoms with Gasteiger partial charge in [-0.05, 0) is 11.1 Å². The molecule has 1 aromatic carbocycles. The van der Waals surface area contributed by atoms with Gasteiger partial charge in [0.2, 0.25) is 0 Å². The molecule has 0 radical (unpaired) electrons. The molecule has 5 nitrogen and oxygen atoms in total. The molecular formula is C17H24N2O3Si. The topological polar surface area (TPSA) is 71.9 Å². The smallest absolute Gasteiger partial charge is 0.414 e. The summed E-state index contributed by atoms with van der Waals surface area (Å²) in [4.78, 5) is 15.4. The quantitative estimate of drug-likeness (QED) is 0.190. The molecule has 0 N–H and O–H groups in total. The molecule has 6 heteroatoms. The average molecular weight is 332 g/mol. The number of ether oxygens (including phenoxy) is 1. The fourth-order valence-electron chi connectivity index (χ4n) is 2.76. The molecule has 0 aliphatic heterocycles. The van der Waals surface area contributed by atoms with Crippen molar-refractivity contribution in [3.63, 3.8) is 0 Å². The Balaban J connectivity index is 3.38. The number of carbonyl (C=O) groups excluding carboxylic acids is 1. The van der Waals surface area contributed by atoms with E-state index in [9.17, 15) is 10.3 Å². The molecular weight excluding hydrogens is 308 g/mol. The monoisotopic (exact) mass is 332 g/mol. The van der Waals surface area contributed by atoms with E-state index in [0.29, 0.717) is 5.76 Å². The summed E-state index contributed by atoms with van der Waals surface area (Å²) in [6, 6.07) is 9.45. The van der Waals surface area contributed by atoms with Crippen molar-refractivity contribution in [1.82, 2.24) is 0 Å². The van der Waals surface area contributed by atoms with Crippen molar-refractivity contribution >= 4 is 25.4 Å². The van der Waals surface area contributed by atoms with E-state index >= 15 is 0 Å². The lowest BCUT2D eigenvalue weighted by molar-refractivity contribution is -0.136. The molecule has 1 rings (SSSR count). The number of nitrogens with zero attached hydrogens (tertiary/aromatic N) is 2. The second kappa shape index (κ2) is 7.90. The highest BCUT2D eigenvalue weighted by atomic mass is 28.4. The molecule has 23 heavy (non-hydrogen) atoms. The summed E-state index contributed by atoms with van der Waals surface area (Å²) in [6.45, 7) is 11.8. The van der Waals surface area contributed by atoms with Gasteiger partial charge in [-0.25, -0.2) is 4.79 Å². The second-order valence-corrected chi connectivity index (χ2v) is 10.5. The summed E-state index contributed by atoms with van der Waals surface area (Å²) in [5.74, 6) is -0.202. The SMILES string of the molecule is C=C(O[Si](C(=[N+]=[N-])C(=O)OC)(C(C)C)C(C)C)c1ccccc1. The molecule has 0 fully saturated rings. The van der Waals surface area contributed by atoms with E-state index in [1.54, 1.807) is 0 Å². The maximum absolute atomic E-state index is 12.1. The number of hydrogen-bond donors (Lipinski definition) is 0. The molecule has 124 valence electrons. The van der Waals surface area contributed by atoms with Gasteiger partial charge < -0.3 is 14.7 Å². The van der Waals surface area contributed by atoms with Crippen molar-refractivity contribution in [1.29, 1.82) is 0 Å². The molecule has 0 spiro atoms. The van der Waals surface area contributed by atoms with E-state index < -0.39 is 14.3 Å². The fourth-order valence-corrected chi connectivity index (χ4v) is 6.86. The van der Waals surface area contributed by atoms with Gasteiger partial charge in [-0.3, -0.25) is 0 Å². The van der Waals surface area contributed by atoms with Crippen molar-refractivity contribution in [3.8, 4) is 0 Å². The molecule has 0 aliphatic rings. The van der Waals surface area contributed by atoms with Gasteiger partial charge >= 0.3 is 19.6 Å². The normalized spacial score (nSPS) is 11.1. The third-order valence-corrected chi connectivity index (χ3v) is 9.01. The summed E-state index contributed by atoms with van der Waals surface area (Å²) >= 11 is 0. The van der Waals surface area contributed by atoms with Crippen LogP contribution in [-0.2, 0) is 14.0 Å². The van der Waals surface area contributed by atoms with Gasteiger partial charge in [0.1, 0.15) is 5.76 Å². The Bertz CT molecular complexity index is 612. The summed E-state index contributed by atoms with van der Waals surface area (Å²) in [5.41, 5.74) is 10.2. The summed E-state index contributed by atoms with van der Waals surface area (Å²) in [6.07, 6.45) is 0. The standard InChI is InChI=1S/C17H24N2O3Si/c1-12(2)23(13(3)4,16(19-18)17(20)21-6)22-14(5)15-10-8-7-9-11-15/h7-13H,5H2,1-4,6H3. The van der Waals surface area contributed by atoms with Crippen molar-refractivity contribution in [2.45, 2.75) is 38.8 Å². The molecule has 0 atom stereocenters. The first kappa shape index (κ1) is 18.9. The van der Waals surface area contributed by atoms with Crippen LogP contribution in [0.3, 0.4) is 0 Å². The Kier molecular flexibility index (Phi) is 6.48. The van der Waals surface area contributed by atoms with Crippen LogP contribution in [0.5, 0.6) is 0 Å². The molecule has 0 aliphatic carbocycles. The molecule has 0 heterocycles. The van der Waals surface area contributed by atoms with E-state index in [2.05, 4.69) is 11.4 Å². The number of hydrogen-bond acceptors (Lipinski definition) is 3. The highest BCUT2D eigenvalue weighted by Gasteiger charge is 2.60. The van der Waals surface area contributed by atoms with Gasteiger partial charge in [-0.1, -0.05) is 64.6 Å². The number of esters is 1. The number of methoxy groups -OCH3 is 1. The number of benzene rings is 1. The van der Waals surface area contributed by atoms with E-state index in [4.69, 9.17) is 9.16 Å². The third kappa shape index (κ3) is 3.78. The van der Waals surface area contributed by atoms with Crippen LogP contribution in [-0.4, -0.2) is 31.5 Å². The Labute approximate surface area is 138 Å². The van der Waals surface area contributed by atoms with Gasteiger partial charge in [0.15, 0.2) is 0 Å². The lowest BCUT2D eigenvalue weighted by Crippen LogP contribution is -2.56. The Morgan fingerprint density at radius 3 is 2.09 bits per heavy atom. The van der Waals surface area contributed by atoms with Crippen LogP contribution in [0.15, 0.2) is 36.9 Å². The maximum Gasteiger partial charge on any atom is 0.414 e. The fraction of sp³-hybridized carbons (Fsp3) is 0.412. The van der Waals surface area contributed by atoms with Gasteiger partial charge in [0.25, 0.3) is 0 Å². The van der Waals surface area contributed by atoms with Crippen LogP contribution in [0.4, 0.5) is 0 Å². The number of rotatable bonds is 7. The third-order valence-electron chi connectivity index (χ3n) is 3.95. The second-order valence-electron chi connectivity index (χ2n) is 5.93. The van der Waals surface area contributed by atoms with Crippen LogP contribution in [0, 0.1) is 0 Å². The first-order chi connectivity index (χ1) is 10.8. The van der Waals surface area contributed by atoms with Gasteiger partial charge in [-0.2, -0.15) is 4.79 Å². The minimum atomic E-state index is -2.98. The summed E-state index contributed by atoms with van der Waals surface area (Å²) < 4.78 is 11.1. The van der Waals surface area contributed by atoms with Crippen LogP contribution >= 0.6 is 0 Å². The average Bonchev–Trinajstić information content (AvgIpc) is 2.54. The zero-order valence-corrected chi connectivity index (χ0v) is 15.4. The van der Waals surface area contributed by atoms with Crippen LogP contribution in [0.2, 0.25) is 11.1 Å². The molecule has 1 aromatic rings. The Morgan fingerprint density at radius 2 is 1.70 bits per heavy atom. The first-order valence-corrected chi connectivity index (χ1v) is 9.61. The molecule has 0 unspecified atom stereocenters. The van der Waals surface area contributed by atoms with Crippen LogP contribution in [0.25, 0.3) is 11.3 Å². The highest BCUT2D eigenvalue weighted by molar-refractivity contribution is 7.11. The largest absolute Gasteiger partial charge is 0.531 e. The lowest BCUT2D eigenvalue weighted by Gasteiger charge is -2.34. The summed E-state index contributed by atoms with van der Waals surface area (Å²) in [7, 11) is -1.72. The van der Waals surface area contributed by atoms with Crippen molar-refractivity contribution in [3.05, 3.63) is 48.0 Å². The van der Waals surface area contributed by atoms with Crippen molar-refractivity contribution in [2.24, 2.45) is 0 Å². The van der Waals surface area contributed by atoms with Gasteiger partial charge in [0.05, 0.1) is 7.11 Å². The predicted octanol–water partition coefficient (Wildman–Crippen LogP) is 3.82. The van der Waals surface area contributed by atoms with E-state index in [0.717, 1.165) is 5.56 Å². The van der Waals surface area contributed by atoms with Crippen molar-refractivity contribution < 1.29 is 18.7 Å². The maximum atomic E-state index is 12.1. The first-order valence-electron chi connectivity index (χ1n) is 7.55. The Hall–Kier alpha value is -2.17. The Morgan fingerprint density at radius 1 is 1.17 bits per heavy atom. The van der Waals surface area contributed by atoms with Crippen molar-refractivity contribution in [2.75, 3.05) is 7.11 Å². The van der Waals surface area contributed by atoms with E-state index in [1.165, 1.54) is 7.11 Å². The minimum absolute atomic E-state index is 0.0204. The van der Waals surface area contributed by atoms with Gasteiger partial charge in [0, 0.05) is 5.56 Å². The van der Waals surface area contributed by atoms with Crippen LogP contribution < -0.4 is 0 Å². The molecule has 0 amide bonds. The molecule has 0 saturated heterocycles. The zero-order valence-electron chi connectivity index (χ0n) is 14.4. The van der Waals surface area contributed by atoms with E-state index in [1.807, 2.05) is 58.0 Å². The molecule has 0 bridgehead atoms. The zero-order chi connectivity index (χ0) is 17.6. The van der Waals surface area contributed by atoms with Crippen LogP contribution in [0.1, 0.15) is 33.3 Å². The minimum Gasteiger partial charge on any atom is -0.531 e. The molecule has 0 saturated carbocycles. The lowest BCUT2D eigenvalue weighted by atomic mass is 10.2. The highest BCUT2D eigenvalue weighted by Crippen LogP contribution is 2.37. The van der Waals surface area contributed by atoms with E-state index in [-0.39, 0.29) is 16.4 Å².